The highest BCUT2D eigenvalue weighted by atomic mass is 35.5. The monoisotopic (exact) mass is 590 g/mol. The highest BCUT2D eigenvalue weighted by Crippen LogP contribution is 2.44. The summed E-state index contributed by atoms with van der Waals surface area (Å²) in [4.78, 5) is 23.3. The van der Waals surface area contributed by atoms with Crippen LogP contribution in [0.4, 0.5) is 10.1 Å². The number of hydrogen-bond donors (Lipinski definition) is 2. The Labute approximate surface area is 248 Å². The Hall–Kier alpha value is -3.79. The summed E-state index contributed by atoms with van der Waals surface area (Å²) in [5.74, 6) is 0.332. The summed E-state index contributed by atoms with van der Waals surface area (Å²) in [6.45, 7) is 4.51. The summed E-state index contributed by atoms with van der Waals surface area (Å²) in [5.41, 5.74) is 3.83. The number of hydrogen-bond acceptors (Lipinski definition) is 6. The number of halogens is 2. The normalized spacial score (nSPS) is 18.1. The van der Waals surface area contributed by atoms with Crippen molar-refractivity contribution in [1.82, 2.24) is 14.5 Å². The van der Waals surface area contributed by atoms with Crippen LogP contribution in [0.25, 0.3) is 11.0 Å². The van der Waals surface area contributed by atoms with Crippen LogP contribution in [0.2, 0.25) is 5.02 Å². The summed E-state index contributed by atoms with van der Waals surface area (Å²) in [6, 6.07) is 15.5. The zero-order chi connectivity index (χ0) is 29.4. The number of carboxylic acid groups (broad SMARTS) is 1. The first-order valence-electron chi connectivity index (χ1n) is 14.2. The number of likely N-dealkylation sites (tertiary alicyclic amines) is 1. The molecule has 218 valence electrons. The van der Waals surface area contributed by atoms with E-state index in [4.69, 9.17) is 21.3 Å². The molecule has 1 aromatic heterocycles. The number of ether oxygens (including phenoxy) is 1. The van der Waals surface area contributed by atoms with Crippen molar-refractivity contribution in [2.45, 2.75) is 57.4 Å². The van der Waals surface area contributed by atoms with Crippen LogP contribution in [0.5, 0.6) is 5.75 Å². The third kappa shape index (κ3) is 5.64. The molecule has 3 heterocycles. The molecular weight excluding hydrogens is 559 g/mol. The molecule has 3 aromatic carbocycles. The number of benzene rings is 3. The zero-order valence-electron chi connectivity index (χ0n) is 23.2. The molecule has 0 amide bonds. The van der Waals surface area contributed by atoms with Crippen molar-refractivity contribution >= 4 is 40.5 Å². The molecule has 0 unspecified atom stereocenters. The van der Waals surface area contributed by atoms with Crippen molar-refractivity contribution in [3.05, 3.63) is 88.0 Å². The molecule has 1 fully saturated rings. The average molecular weight is 591 g/mol. The number of piperidine rings is 1. The maximum atomic E-state index is 14.7. The summed E-state index contributed by atoms with van der Waals surface area (Å²) in [5, 5.41) is 20.3. The molecule has 2 atom stereocenters. The molecule has 2 aliphatic rings. The van der Waals surface area contributed by atoms with Crippen LogP contribution in [0, 0.1) is 5.82 Å². The van der Waals surface area contributed by atoms with Crippen LogP contribution in [-0.2, 0) is 13.1 Å². The summed E-state index contributed by atoms with van der Waals surface area (Å²) >= 11 is 5.95. The number of nitrogens with zero attached hydrogens (tertiary/aromatic N) is 4. The molecule has 0 bridgehead atoms. The number of para-hydroxylation sites is 1. The van der Waals surface area contributed by atoms with E-state index in [0.717, 1.165) is 43.0 Å². The van der Waals surface area contributed by atoms with Gasteiger partial charge in [0, 0.05) is 10.6 Å². The molecule has 2 N–H and O–H groups in total. The van der Waals surface area contributed by atoms with Crippen molar-refractivity contribution in [3.8, 4) is 5.75 Å². The second kappa shape index (κ2) is 11.8. The molecule has 8 nitrogen and oxygen atoms in total. The minimum Gasteiger partial charge on any atom is -0.478 e. The number of imidazole rings is 1. The molecule has 4 aromatic rings. The van der Waals surface area contributed by atoms with Gasteiger partial charge in [0.05, 0.1) is 42.0 Å². The van der Waals surface area contributed by atoms with Gasteiger partial charge in [-0.05, 0) is 80.2 Å². The number of aromatic nitrogens is 2. The number of fused-ring (bicyclic) bond motifs is 2. The lowest BCUT2D eigenvalue weighted by molar-refractivity contribution is 0.0697. The molecule has 6 rings (SSSR count). The van der Waals surface area contributed by atoms with Gasteiger partial charge >= 0.3 is 5.97 Å². The molecule has 10 heteroatoms. The largest absolute Gasteiger partial charge is 0.478 e. The fourth-order valence-electron chi connectivity index (χ4n) is 5.85. The van der Waals surface area contributed by atoms with E-state index in [1.807, 2.05) is 23.6 Å². The lowest BCUT2D eigenvalue weighted by Crippen LogP contribution is -2.34. The number of aliphatic hydroxyl groups is 1. The second-order valence-corrected chi connectivity index (χ2v) is 11.4. The van der Waals surface area contributed by atoms with Crippen LogP contribution in [-0.4, -0.2) is 56.0 Å². The van der Waals surface area contributed by atoms with Gasteiger partial charge in [-0.2, -0.15) is 0 Å². The minimum absolute atomic E-state index is 0.195. The van der Waals surface area contributed by atoms with Crippen molar-refractivity contribution in [2.75, 3.05) is 13.1 Å². The van der Waals surface area contributed by atoms with Crippen LogP contribution >= 0.6 is 11.6 Å². The van der Waals surface area contributed by atoms with E-state index < -0.39 is 24.0 Å². The van der Waals surface area contributed by atoms with Gasteiger partial charge in [-0.25, -0.2) is 14.2 Å². The third-order valence-electron chi connectivity index (χ3n) is 8.22. The van der Waals surface area contributed by atoms with E-state index in [2.05, 4.69) is 16.0 Å². The van der Waals surface area contributed by atoms with Crippen LogP contribution in [0.1, 0.15) is 65.5 Å². The van der Waals surface area contributed by atoms with Gasteiger partial charge < -0.3 is 19.5 Å². The maximum Gasteiger partial charge on any atom is 0.335 e. The molecular formula is C32H32ClFN4O4. The van der Waals surface area contributed by atoms with Crippen LogP contribution in [0.15, 0.2) is 59.6 Å². The van der Waals surface area contributed by atoms with Gasteiger partial charge in [0.1, 0.15) is 23.1 Å². The lowest BCUT2D eigenvalue weighted by Gasteiger charge is -2.34. The van der Waals surface area contributed by atoms with E-state index in [0.29, 0.717) is 46.9 Å². The van der Waals surface area contributed by atoms with Gasteiger partial charge in [-0.1, -0.05) is 36.7 Å². The van der Waals surface area contributed by atoms with Crippen molar-refractivity contribution in [3.63, 3.8) is 0 Å². The van der Waals surface area contributed by atoms with Gasteiger partial charge in [-0.15, -0.1) is 0 Å². The SMILES string of the molecule is CC[C@H](O)Cn1c(CN2CCC(c3cccc4c3O[C@@H](c3ccc(Cl)cc3F)C=N4)CC2)nc2ccc(C(=O)O)cc21. The topological polar surface area (TPSA) is 100 Å². The Morgan fingerprint density at radius 1 is 1.14 bits per heavy atom. The number of aliphatic hydroxyl groups excluding tert-OH is 1. The van der Waals surface area contributed by atoms with Crippen molar-refractivity contribution in [1.29, 1.82) is 0 Å². The van der Waals surface area contributed by atoms with Crippen LogP contribution in [0.3, 0.4) is 0 Å². The van der Waals surface area contributed by atoms with E-state index in [-0.39, 0.29) is 11.5 Å². The molecule has 0 aliphatic carbocycles. The Morgan fingerprint density at radius 2 is 1.95 bits per heavy atom. The fourth-order valence-corrected chi connectivity index (χ4v) is 6.01. The summed E-state index contributed by atoms with van der Waals surface area (Å²) in [7, 11) is 0. The first kappa shape index (κ1) is 28.3. The second-order valence-electron chi connectivity index (χ2n) is 10.9. The Balaban J connectivity index is 1.19. The van der Waals surface area contributed by atoms with E-state index in [1.54, 1.807) is 36.5 Å². The smallest absolute Gasteiger partial charge is 0.335 e. The molecule has 0 spiro atoms. The van der Waals surface area contributed by atoms with Gasteiger partial charge in [0.25, 0.3) is 0 Å². The predicted molar refractivity (Wildman–Crippen MR) is 160 cm³/mol. The molecule has 0 saturated carbocycles. The number of carboxylic acids is 1. The molecule has 1 saturated heterocycles. The fraction of sp³-hybridized carbons (Fsp3) is 0.344. The average Bonchev–Trinajstić information content (AvgIpc) is 3.32. The Morgan fingerprint density at radius 3 is 2.69 bits per heavy atom. The van der Waals surface area contributed by atoms with Gasteiger partial charge in [0.2, 0.25) is 0 Å². The van der Waals surface area contributed by atoms with E-state index >= 15 is 0 Å². The quantitative estimate of drug-likeness (QED) is 0.242. The van der Waals surface area contributed by atoms with E-state index in [9.17, 15) is 19.4 Å². The summed E-state index contributed by atoms with van der Waals surface area (Å²) < 4.78 is 23.0. The number of carbonyl (C=O) groups is 1. The third-order valence-corrected chi connectivity index (χ3v) is 8.45. The lowest BCUT2D eigenvalue weighted by atomic mass is 9.88. The van der Waals surface area contributed by atoms with Crippen molar-refractivity contribution < 1.29 is 24.1 Å². The van der Waals surface area contributed by atoms with Gasteiger partial charge in [-0.3, -0.25) is 9.89 Å². The minimum atomic E-state index is -0.994. The number of aliphatic imine (C=N–C) groups is 1. The first-order chi connectivity index (χ1) is 20.3. The number of aromatic carboxylic acids is 1. The maximum absolute atomic E-state index is 14.7. The Kier molecular flexibility index (Phi) is 7.98. The van der Waals surface area contributed by atoms with E-state index in [1.165, 1.54) is 6.07 Å². The van der Waals surface area contributed by atoms with Crippen LogP contribution < -0.4 is 4.74 Å². The standard InChI is InChI=1S/C32H32ClFN4O4/c1-2-22(39)17-38-28-14-20(32(40)41)6-9-26(28)36-30(38)18-37-12-10-19(11-13-37)23-4-3-5-27-31(23)42-29(16-35-27)24-8-7-21(33)15-25(24)34/h3-9,14-16,19,22,29,39H,2,10-13,17-18H2,1H3,(H,40,41)/t22-,29+/m0/s1. The zero-order valence-corrected chi connectivity index (χ0v) is 24.0. The molecule has 42 heavy (non-hydrogen) atoms. The molecule has 2 aliphatic heterocycles. The molecule has 0 radical (unpaired) electrons. The van der Waals surface area contributed by atoms with Gasteiger partial charge in [0.15, 0.2) is 6.10 Å². The highest BCUT2D eigenvalue weighted by Gasteiger charge is 2.29. The highest BCUT2D eigenvalue weighted by molar-refractivity contribution is 6.30. The number of rotatable bonds is 8. The van der Waals surface area contributed by atoms with Crippen molar-refractivity contribution in [2.24, 2.45) is 4.99 Å². The first-order valence-corrected chi connectivity index (χ1v) is 14.6. The Bertz CT molecular complexity index is 1660. The predicted octanol–water partition coefficient (Wildman–Crippen LogP) is 6.51. The summed E-state index contributed by atoms with van der Waals surface area (Å²) in [6.07, 6.45) is 2.81.